The van der Waals surface area contributed by atoms with Gasteiger partial charge in [-0.3, -0.25) is 4.79 Å². The Labute approximate surface area is 217 Å². The molecule has 0 saturated carbocycles. The third-order valence-corrected chi connectivity index (χ3v) is 8.24. The number of hydrogen-bond acceptors (Lipinski definition) is 7. The summed E-state index contributed by atoms with van der Waals surface area (Å²) in [4.78, 5) is 17.9. The van der Waals surface area contributed by atoms with Gasteiger partial charge < -0.3 is 25.0 Å². The lowest BCUT2D eigenvalue weighted by molar-refractivity contribution is -0.119. The first kappa shape index (κ1) is 25.1. The van der Waals surface area contributed by atoms with Gasteiger partial charge in [-0.05, 0) is 73.0 Å². The minimum atomic E-state index is -3.30. The van der Waals surface area contributed by atoms with Crippen LogP contribution in [0.25, 0.3) is 11.1 Å². The molecule has 0 aliphatic carbocycles. The number of carbonyl (C=O) groups excluding carboxylic acids is 1. The molecule has 37 heavy (non-hydrogen) atoms. The van der Waals surface area contributed by atoms with Crippen LogP contribution in [0.5, 0.6) is 5.75 Å². The fraction of sp³-hybridized carbons (Fsp3) is 0.321. The molecule has 0 aromatic heterocycles. The van der Waals surface area contributed by atoms with Gasteiger partial charge >= 0.3 is 0 Å². The second kappa shape index (κ2) is 9.39. The normalized spacial score (nSPS) is 19.6. The second-order valence-corrected chi connectivity index (χ2v) is 11.8. The van der Waals surface area contributed by atoms with E-state index in [0.717, 1.165) is 33.8 Å². The van der Waals surface area contributed by atoms with E-state index >= 15 is 0 Å². The maximum Gasteiger partial charge on any atom is 0.249 e. The SMILES string of the molecule is COc1ccc2c(c1)CC(C(=O)N1C[C@H](C)N(C(C)O)c3ccc(-c4ccc(S(C)(=O)=O)cc4)cc31)N2. The van der Waals surface area contributed by atoms with E-state index in [4.69, 9.17) is 4.74 Å². The summed E-state index contributed by atoms with van der Waals surface area (Å²) in [5.74, 6) is 0.711. The Bertz CT molecular complexity index is 1450. The quantitative estimate of drug-likeness (QED) is 0.528. The average molecular weight is 522 g/mol. The Morgan fingerprint density at radius 1 is 1.05 bits per heavy atom. The van der Waals surface area contributed by atoms with Crippen LogP contribution in [0, 0.1) is 0 Å². The molecule has 194 valence electrons. The zero-order chi connectivity index (χ0) is 26.5. The lowest BCUT2D eigenvalue weighted by atomic mass is 9.99. The van der Waals surface area contributed by atoms with Crippen molar-refractivity contribution in [2.45, 2.75) is 43.5 Å². The highest BCUT2D eigenvalue weighted by Gasteiger charge is 2.38. The Morgan fingerprint density at radius 2 is 1.76 bits per heavy atom. The third-order valence-electron chi connectivity index (χ3n) is 7.11. The largest absolute Gasteiger partial charge is 0.497 e. The first-order valence-electron chi connectivity index (χ1n) is 12.2. The van der Waals surface area contributed by atoms with E-state index in [1.165, 1.54) is 6.26 Å². The molecule has 2 unspecified atom stereocenters. The number of hydrogen-bond donors (Lipinski definition) is 2. The van der Waals surface area contributed by atoms with E-state index in [1.807, 2.05) is 48.2 Å². The van der Waals surface area contributed by atoms with Crippen LogP contribution >= 0.6 is 0 Å². The highest BCUT2D eigenvalue weighted by molar-refractivity contribution is 7.90. The van der Waals surface area contributed by atoms with Crippen LogP contribution in [-0.2, 0) is 21.1 Å². The lowest BCUT2D eigenvalue weighted by Crippen LogP contribution is -2.55. The minimum Gasteiger partial charge on any atom is -0.497 e. The third kappa shape index (κ3) is 4.65. The smallest absolute Gasteiger partial charge is 0.249 e. The van der Waals surface area contributed by atoms with Gasteiger partial charge in [-0.2, -0.15) is 0 Å². The summed E-state index contributed by atoms with van der Waals surface area (Å²) >= 11 is 0. The number of aliphatic hydroxyl groups is 1. The standard InChI is InChI=1S/C28H31N3O5S/c1-17-16-30(28(33)25-14-21-13-22(36-3)8-11-24(21)29-25)27-15-20(7-12-26(27)31(17)18(2)32)19-5-9-23(10-6-19)37(4,34)35/h5-13,15,17-18,25,29,32H,14,16H2,1-4H3/t17-,18?,25?/m0/s1. The Kier molecular flexibility index (Phi) is 6.37. The molecule has 2 heterocycles. The number of nitrogens with one attached hydrogen (secondary N) is 1. The summed E-state index contributed by atoms with van der Waals surface area (Å²) in [7, 11) is -1.67. The van der Waals surface area contributed by atoms with Crippen molar-refractivity contribution in [2.75, 3.05) is 35.0 Å². The molecule has 0 spiro atoms. The maximum absolute atomic E-state index is 13.9. The fourth-order valence-corrected chi connectivity index (χ4v) is 5.93. The average Bonchev–Trinajstić information content (AvgIpc) is 3.30. The van der Waals surface area contributed by atoms with Crippen molar-refractivity contribution in [1.82, 2.24) is 0 Å². The Hall–Kier alpha value is -3.56. The molecule has 0 fully saturated rings. The molecule has 2 aliphatic rings. The van der Waals surface area contributed by atoms with Gasteiger partial charge in [0, 0.05) is 31.0 Å². The van der Waals surface area contributed by atoms with Crippen molar-refractivity contribution in [1.29, 1.82) is 0 Å². The molecule has 0 bridgehead atoms. The first-order chi connectivity index (χ1) is 17.6. The molecule has 3 atom stereocenters. The van der Waals surface area contributed by atoms with Crippen LogP contribution in [0.2, 0.25) is 0 Å². The lowest BCUT2D eigenvalue weighted by Gasteiger charge is -2.44. The van der Waals surface area contributed by atoms with Crippen molar-refractivity contribution in [3.8, 4) is 16.9 Å². The summed E-state index contributed by atoms with van der Waals surface area (Å²) in [5.41, 5.74) is 5.13. The number of sulfone groups is 1. The molecule has 9 heteroatoms. The van der Waals surface area contributed by atoms with E-state index in [9.17, 15) is 18.3 Å². The maximum atomic E-state index is 13.9. The van der Waals surface area contributed by atoms with Crippen LogP contribution in [0.3, 0.4) is 0 Å². The van der Waals surface area contributed by atoms with Crippen LogP contribution in [-0.4, -0.2) is 57.7 Å². The van der Waals surface area contributed by atoms with Gasteiger partial charge in [0.05, 0.1) is 23.4 Å². The summed E-state index contributed by atoms with van der Waals surface area (Å²) in [6.45, 7) is 4.14. The van der Waals surface area contributed by atoms with Gasteiger partial charge in [-0.1, -0.05) is 18.2 Å². The molecule has 0 saturated heterocycles. The molecule has 0 radical (unpaired) electrons. The number of nitrogens with zero attached hydrogens (tertiary/aromatic N) is 2. The Balaban J connectivity index is 1.51. The molecule has 1 amide bonds. The van der Waals surface area contributed by atoms with Crippen molar-refractivity contribution >= 4 is 32.8 Å². The number of benzene rings is 3. The van der Waals surface area contributed by atoms with E-state index in [2.05, 4.69) is 5.32 Å². The summed E-state index contributed by atoms with van der Waals surface area (Å²) < 4.78 is 29.1. The number of fused-ring (bicyclic) bond motifs is 2. The van der Waals surface area contributed by atoms with Crippen LogP contribution in [0.4, 0.5) is 17.1 Å². The van der Waals surface area contributed by atoms with Crippen molar-refractivity contribution in [3.05, 3.63) is 66.2 Å². The zero-order valence-corrected chi connectivity index (χ0v) is 22.1. The molecule has 3 aromatic carbocycles. The highest BCUT2D eigenvalue weighted by atomic mass is 32.2. The Morgan fingerprint density at radius 3 is 2.41 bits per heavy atom. The van der Waals surface area contributed by atoms with Gasteiger partial charge in [0.25, 0.3) is 0 Å². The number of ether oxygens (including phenoxy) is 1. The molecule has 8 nitrogen and oxygen atoms in total. The number of aliphatic hydroxyl groups excluding tert-OH is 1. The zero-order valence-electron chi connectivity index (χ0n) is 21.3. The molecular weight excluding hydrogens is 490 g/mol. The van der Waals surface area contributed by atoms with Crippen molar-refractivity contribution < 1.29 is 23.1 Å². The molecule has 2 N–H and O–H groups in total. The van der Waals surface area contributed by atoms with Crippen LogP contribution < -0.4 is 19.9 Å². The molecular formula is C28H31N3O5S. The van der Waals surface area contributed by atoms with Gasteiger partial charge in [-0.25, -0.2) is 8.42 Å². The van der Waals surface area contributed by atoms with Gasteiger partial charge in [-0.15, -0.1) is 0 Å². The molecule has 5 rings (SSSR count). The number of amides is 1. The predicted octanol–water partition coefficient (Wildman–Crippen LogP) is 3.68. The number of methoxy groups -OCH3 is 1. The number of anilines is 3. The number of carbonyl (C=O) groups is 1. The van der Waals surface area contributed by atoms with Crippen molar-refractivity contribution in [3.63, 3.8) is 0 Å². The summed E-state index contributed by atoms with van der Waals surface area (Å²) in [6, 6.07) is 17.7. The molecule has 3 aromatic rings. The number of rotatable bonds is 5. The van der Waals surface area contributed by atoms with Gasteiger partial charge in [0.15, 0.2) is 9.84 Å². The monoisotopic (exact) mass is 521 g/mol. The predicted molar refractivity (Wildman–Crippen MR) is 145 cm³/mol. The van der Waals surface area contributed by atoms with Crippen molar-refractivity contribution in [2.24, 2.45) is 0 Å². The van der Waals surface area contributed by atoms with E-state index in [0.29, 0.717) is 18.7 Å². The topological polar surface area (TPSA) is 99.2 Å². The van der Waals surface area contributed by atoms with Gasteiger partial charge in [0.2, 0.25) is 5.91 Å². The summed E-state index contributed by atoms with van der Waals surface area (Å²) in [5, 5.41) is 13.9. The fourth-order valence-electron chi connectivity index (χ4n) is 5.30. The van der Waals surface area contributed by atoms with E-state index < -0.39 is 22.1 Å². The highest BCUT2D eigenvalue weighted by Crippen LogP contribution is 2.41. The second-order valence-electron chi connectivity index (χ2n) is 9.76. The van der Waals surface area contributed by atoms with E-state index in [1.54, 1.807) is 43.2 Å². The van der Waals surface area contributed by atoms with Gasteiger partial charge in [0.1, 0.15) is 18.0 Å². The first-order valence-corrected chi connectivity index (χ1v) is 14.1. The molecule has 2 aliphatic heterocycles. The van der Waals surface area contributed by atoms with E-state index in [-0.39, 0.29) is 16.8 Å². The van der Waals surface area contributed by atoms with Crippen LogP contribution in [0.15, 0.2) is 65.6 Å². The van der Waals surface area contributed by atoms with Crippen LogP contribution in [0.1, 0.15) is 19.4 Å². The minimum absolute atomic E-state index is 0.0434. The summed E-state index contributed by atoms with van der Waals surface area (Å²) in [6.07, 6.45) is 1.01.